The quantitative estimate of drug-likeness (QED) is 0.538. The number of amides is 2. The number of aromatic nitrogens is 1. The Kier molecular flexibility index (Phi) is 7.48. The van der Waals surface area contributed by atoms with E-state index in [9.17, 15) is 9.59 Å². The zero-order valence-corrected chi connectivity index (χ0v) is 22.0. The Morgan fingerprint density at radius 2 is 1.77 bits per heavy atom. The summed E-state index contributed by atoms with van der Waals surface area (Å²) in [6.07, 6.45) is 5.42. The molecule has 35 heavy (non-hydrogen) atoms. The molecule has 0 aliphatic carbocycles. The molecule has 2 N–H and O–H groups in total. The van der Waals surface area contributed by atoms with Gasteiger partial charge in [0.15, 0.2) is 5.60 Å². The molecule has 7 nitrogen and oxygen atoms in total. The van der Waals surface area contributed by atoms with Crippen LogP contribution < -0.4 is 20.3 Å². The predicted octanol–water partition coefficient (Wildman–Crippen LogP) is 5.00. The van der Waals surface area contributed by atoms with Crippen molar-refractivity contribution in [1.82, 2.24) is 15.6 Å². The minimum Gasteiger partial charge on any atom is -0.478 e. The number of halogens is 2. The number of hydrogen-bond donors (Lipinski definition) is 2. The highest BCUT2D eigenvalue weighted by Crippen LogP contribution is 2.39. The average molecular weight is 519 g/mol. The van der Waals surface area contributed by atoms with E-state index in [4.69, 9.17) is 27.9 Å². The van der Waals surface area contributed by atoms with Gasteiger partial charge in [0.25, 0.3) is 11.8 Å². The molecule has 3 heterocycles. The van der Waals surface area contributed by atoms with Crippen LogP contribution in [0.4, 0.5) is 5.82 Å². The molecule has 1 aromatic heterocycles. The Labute approximate surface area is 216 Å². The molecule has 2 aliphatic rings. The van der Waals surface area contributed by atoms with Crippen LogP contribution >= 0.6 is 23.2 Å². The number of benzene rings is 1. The number of nitrogens with one attached hydrogen (secondary N) is 2. The van der Waals surface area contributed by atoms with Crippen molar-refractivity contribution in [1.29, 1.82) is 0 Å². The third-order valence-corrected chi connectivity index (χ3v) is 7.31. The van der Waals surface area contributed by atoms with Crippen LogP contribution in [-0.4, -0.2) is 46.6 Å². The minimum absolute atomic E-state index is 0.0593. The zero-order valence-electron chi connectivity index (χ0n) is 20.5. The van der Waals surface area contributed by atoms with E-state index in [-0.39, 0.29) is 23.9 Å². The van der Waals surface area contributed by atoms with Gasteiger partial charge in [0, 0.05) is 36.4 Å². The van der Waals surface area contributed by atoms with Crippen LogP contribution in [0.2, 0.25) is 10.0 Å². The number of carbonyl (C=O) groups is 2. The lowest BCUT2D eigenvalue weighted by atomic mass is 9.96. The molecule has 4 rings (SSSR count). The molecule has 2 amide bonds. The van der Waals surface area contributed by atoms with E-state index >= 15 is 0 Å². The van der Waals surface area contributed by atoms with E-state index in [0.717, 1.165) is 31.5 Å². The van der Waals surface area contributed by atoms with E-state index in [1.807, 2.05) is 26.0 Å². The number of fused-ring (bicyclic) bond motifs is 2. The summed E-state index contributed by atoms with van der Waals surface area (Å²) < 4.78 is 5.95. The summed E-state index contributed by atoms with van der Waals surface area (Å²) in [5.74, 6) is 1.09. The maximum atomic E-state index is 13.1. The van der Waals surface area contributed by atoms with E-state index in [0.29, 0.717) is 33.4 Å². The molecule has 1 aromatic carbocycles. The molecule has 2 bridgehead atoms. The third-order valence-electron chi connectivity index (χ3n) is 6.57. The number of pyridine rings is 1. The second-order valence-corrected chi connectivity index (χ2v) is 11.0. The Bertz CT molecular complexity index is 1080. The van der Waals surface area contributed by atoms with E-state index < -0.39 is 5.60 Å². The van der Waals surface area contributed by atoms with Crippen molar-refractivity contribution in [3.8, 4) is 5.75 Å². The van der Waals surface area contributed by atoms with Crippen molar-refractivity contribution in [2.45, 2.75) is 83.1 Å². The van der Waals surface area contributed by atoms with Gasteiger partial charge in [-0.1, -0.05) is 23.2 Å². The van der Waals surface area contributed by atoms with E-state index in [1.165, 1.54) is 0 Å². The third kappa shape index (κ3) is 5.84. The van der Waals surface area contributed by atoms with Gasteiger partial charge in [-0.3, -0.25) is 9.59 Å². The standard InChI is InChI=1S/C26H32Cl2N4O3/c1-15(2)30-24(33)16-5-10-23(29-14-16)32-18-6-7-19(32)12-17(11-18)31-25(34)26(3,4)35-20-8-9-21(27)22(28)13-20/h5,8-10,13-15,17-19H,6-7,11-12H2,1-4H3,(H,30,33)(H,31,34)/t17-,18+,19-. The van der Waals surface area contributed by atoms with Gasteiger partial charge >= 0.3 is 0 Å². The molecule has 2 fully saturated rings. The molecule has 2 aliphatic heterocycles. The first-order chi connectivity index (χ1) is 16.5. The maximum absolute atomic E-state index is 13.1. The Morgan fingerprint density at radius 1 is 1.09 bits per heavy atom. The molecular formula is C26H32Cl2N4O3. The minimum atomic E-state index is -1.07. The number of hydrogen-bond acceptors (Lipinski definition) is 5. The lowest BCUT2D eigenvalue weighted by molar-refractivity contribution is -0.135. The fraction of sp³-hybridized carbons (Fsp3) is 0.500. The van der Waals surface area contributed by atoms with Gasteiger partial charge in [0.1, 0.15) is 11.6 Å². The molecular weight excluding hydrogens is 487 g/mol. The predicted molar refractivity (Wildman–Crippen MR) is 138 cm³/mol. The Balaban J connectivity index is 1.37. The van der Waals surface area contributed by atoms with Crippen molar-refractivity contribution < 1.29 is 14.3 Å². The summed E-state index contributed by atoms with van der Waals surface area (Å²) in [7, 11) is 0. The molecule has 188 valence electrons. The molecule has 9 heteroatoms. The SMILES string of the molecule is CC(C)NC(=O)c1ccc(N2[C@@H]3CC[C@H]2C[C@@H](NC(=O)C(C)(C)Oc2ccc(Cl)c(Cl)c2)C3)nc1. The summed E-state index contributed by atoms with van der Waals surface area (Å²) in [5.41, 5.74) is -0.512. The van der Waals surface area contributed by atoms with Crippen LogP contribution in [0.25, 0.3) is 0 Å². The summed E-state index contributed by atoms with van der Waals surface area (Å²) >= 11 is 12.1. The van der Waals surface area contributed by atoms with E-state index in [1.54, 1.807) is 38.2 Å². The topological polar surface area (TPSA) is 83.6 Å². The lowest BCUT2D eigenvalue weighted by Crippen LogP contribution is -2.55. The fourth-order valence-electron chi connectivity index (χ4n) is 4.93. The van der Waals surface area contributed by atoms with Gasteiger partial charge in [0.2, 0.25) is 0 Å². The fourth-order valence-corrected chi connectivity index (χ4v) is 5.22. The molecule has 0 spiro atoms. The zero-order chi connectivity index (χ0) is 25.3. The van der Waals surface area contributed by atoms with Crippen LogP contribution in [0.5, 0.6) is 5.75 Å². The summed E-state index contributed by atoms with van der Waals surface area (Å²) in [5, 5.41) is 6.90. The molecule has 0 radical (unpaired) electrons. The number of anilines is 1. The van der Waals surface area contributed by atoms with Gasteiger partial charge in [-0.05, 0) is 77.6 Å². The molecule has 3 atom stereocenters. The van der Waals surface area contributed by atoms with Crippen LogP contribution in [-0.2, 0) is 4.79 Å². The normalized spacial score (nSPS) is 21.7. The highest BCUT2D eigenvalue weighted by molar-refractivity contribution is 6.42. The molecule has 0 unspecified atom stereocenters. The lowest BCUT2D eigenvalue weighted by Gasteiger charge is -2.40. The van der Waals surface area contributed by atoms with Crippen LogP contribution in [0.1, 0.15) is 63.7 Å². The molecule has 0 saturated carbocycles. The Hall–Kier alpha value is -2.51. The van der Waals surface area contributed by atoms with Gasteiger partial charge in [-0.15, -0.1) is 0 Å². The highest BCUT2D eigenvalue weighted by atomic mass is 35.5. The number of piperidine rings is 1. The number of rotatable bonds is 7. The largest absolute Gasteiger partial charge is 0.478 e. The summed E-state index contributed by atoms with van der Waals surface area (Å²) in [6, 6.07) is 9.44. The summed E-state index contributed by atoms with van der Waals surface area (Å²) in [6.45, 7) is 7.35. The first-order valence-electron chi connectivity index (χ1n) is 12.0. The van der Waals surface area contributed by atoms with Crippen molar-refractivity contribution in [3.05, 3.63) is 52.1 Å². The van der Waals surface area contributed by atoms with Crippen molar-refractivity contribution in [3.63, 3.8) is 0 Å². The van der Waals surface area contributed by atoms with Gasteiger partial charge in [0.05, 0.1) is 15.6 Å². The van der Waals surface area contributed by atoms with Crippen LogP contribution in [0.15, 0.2) is 36.5 Å². The number of nitrogens with zero attached hydrogens (tertiary/aromatic N) is 2. The van der Waals surface area contributed by atoms with Crippen molar-refractivity contribution >= 4 is 40.8 Å². The van der Waals surface area contributed by atoms with Gasteiger partial charge in [-0.2, -0.15) is 0 Å². The first kappa shape index (κ1) is 25.6. The van der Waals surface area contributed by atoms with Crippen molar-refractivity contribution in [2.75, 3.05) is 4.90 Å². The number of carbonyl (C=O) groups excluding carboxylic acids is 2. The van der Waals surface area contributed by atoms with E-state index in [2.05, 4.69) is 20.5 Å². The molecule has 2 aromatic rings. The van der Waals surface area contributed by atoms with Gasteiger partial charge in [-0.25, -0.2) is 4.98 Å². The monoisotopic (exact) mass is 518 g/mol. The van der Waals surface area contributed by atoms with Gasteiger partial charge < -0.3 is 20.3 Å². The molecule has 2 saturated heterocycles. The summed E-state index contributed by atoms with van der Waals surface area (Å²) in [4.78, 5) is 32.3. The van der Waals surface area contributed by atoms with Crippen LogP contribution in [0, 0.1) is 0 Å². The Morgan fingerprint density at radius 3 is 2.34 bits per heavy atom. The first-order valence-corrected chi connectivity index (χ1v) is 12.8. The number of ether oxygens (including phenoxy) is 1. The smallest absolute Gasteiger partial charge is 0.263 e. The highest BCUT2D eigenvalue weighted by Gasteiger charge is 2.43. The van der Waals surface area contributed by atoms with Crippen LogP contribution in [0.3, 0.4) is 0 Å². The average Bonchev–Trinajstić information content (AvgIpc) is 3.06. The second-order valence-electron chi connectivity index (χ2n) is 10.2. The second kappa shape index (κ2) is 10.2. The maximum Gasteiger partial charge on any atom is 0.263 e. The van der Waals surface area contributed by atoms with Crippen molar-refractivity contribution in [2.24, 2.45) is 0 Å².